The minimum Gasteiger partial charge on any atom is -0.507 e. The number of rotatable bonds is 4. The van der Waals surface area contributed by atoms with E-state index in [2.05, 4.69) is 15.5 Å². The molecule has 2 N–H and O–H groups in total. The molecule has 1 heterocycles. The van der Waals surface area contributed by atoms with Gasteiger partial charge in [-0.15, -0.1) is 0 Å². The van der Waals surface area contributed by atoms with Crippen LogP contribution in [0.2, 0.25) is 10.0 Å². The van der Waals surface area contributed by atoms with Crippen molar-refractivity contribution in [3.63, 3.8) is 0 Å². The first-order valence-electron chi connectivity index (χ1n) is 8.99. The number of hydrazone groups is 1. The summed E-state index contributed by atoms with van der Waals surface area (Å²) in [6.07, 6.45) is 1.38. The van der Waals surface area contributed by atoms with Gasteiger partial charge < -0.3 is 5.11 Å². The Hall–Kier alpha value is -3.41. The van der Waals surface area contributed by atoms with Gasteiger partial charge in [-0.05, 0) is 42.5 Å². The average Bonchev–Trinajstić information content (AvgIpc) is 2.74. The molecular weight excluding hydrogens is 421 g/mol. The van der Waals surface area contributed by atoms with Gasteiger partial charge in [-0.25, -0.2) is 10.4 Å². The number of carbonyl (C=O) groups is 1. The fraction of sp³-hybridized carbons (Fsp3) is 0. The molecule has 0 bridgehead atoms. The molecule has 0 spiro atoms. The summed E-state index contributed by atoms with van der Waals surface area (Å²) >= 11 is 12.3. The van der Waals surface area contributed by atoms with E-state index in [-0.39, 0.29) is 5.75 Å². The summed E-state index contributed by atoms with van der Waals surface area (Å²) in [4.78, 5) is 17.5. The van der Waals surface area contributed by atoms with Crippen molar-refractivity contribution in [2.75, 3.05) is 0 Å². The Morgan fingerprint density at radius 1 is 1.00 bits per heavy atom. The number of amides is 1. The number of nitrogens with one attached hydrogen (secondary N) is 1. The Morgan fingerprint density at radius 3 is 2.57 bits per heavy atom. The van der Waals surface area contributed by atoms with Crippen molar-refractivity contribution in [2.24, 2.45) is 5.10 Å². The van der Waals surface area contributed by atoms with E-state index in [9.17, 15) is 9.90 Å². The fourth-order valence-electron chi connectivity index (χ4n) is 3.02. The summed E-state index contributed by atoms with van der Waals surface area (Å²) in [5.74, 6) is -0.337. The van der Waals surface area contributed by atoms with Gasteiger partial charge in [0, 0.05) is 21.5 Å². The molecule has 0 fully saturated rings. The minimum absolute atomic E-state index is 0.0736. The number of nitrogens with zero attached hydrogens (tertiary/aromatic N) is 2. The molecule has 0 aliphatic carbocycles. The van der Waals surface area contributed by atoms with Crippen LogP contribution in [0.15, 0.2) is 77.9 Å². The number of fused-ring (bicyclic) bond motifs is 1. The number of benzene rings is 3. The number of aromatic hydroxyl groups is 1. The molecule has 3 aromatic carbocycles. The molecule has 0 aliphatic heterocycles. The Morgan fingerprint density at radius 2 is 1.77 bits per heavy atom. The third-order valence-corrected chi connectivity index (χ3v) is 5.02. The van der Waals surface area contributed by atoms with Crippen LogP contribution in [-0.2, 0) is 0 Å². The van der Waals surface area contributed by atoms with Gasteiger partial charge in [-0.1, -0.05) is 53.5 Å². The normalized spacial score (nSPS) is 11.1. The Labute approximate surface area is 182 Å². The zero-order valence-electron chi connectivity index (χ0n) is 15.5. The lowest BCUT2D eigenvalue weighted by Crippen LogP contribution is -2.18. The maximum atomic E-state index is 12.9. The molecule has 0 radical (unpaired) electrons. The first-order valence-corrected chi connectivity index (χ1v) is 9.75. The van der Waals surface area contributed by atoms with Gasteiger partial charge in [0.1, 0.15) is 5.75 Å². The summed E-state index contributed by atoms with van der Waals surface area (Å²) in [6.45, 7) is 0. The van der Waals surface area contributed by atoms with Crippen LogP contribution < -0.4 is 5.43 Å². The summed E-state index contributed by atoms with van der Waals surface area (Å²) in [5.41, 5.74) is 5.26. The molecule has 7 heteroatoms. The second-order valence-corrected chi connectivity index (χ2v) is 7.30. The minimum atomic E-state index is -0.411. The highest BCUT2D eigenvalue weighted by atomic mass is 35.5. The van der Waals surface area contributed by atoms with Crippen molar-refractivity contribution in [2.45, 2.75) is 0 Å². The summed E-state index contributed by atoms with van der Waals surface area (Å²) in [6, 6.07) is 20.8. The number of phenols is 1. The first kappa shape index (κ1) is 19.9. The van der Waals surface area contributed by atoms with E-state index in [4.69, 9.17) is 23.2 Å². The quantitative estimate of drug-likeness (QED) is 0.319. The van der Waals surface area contributed by atoms with Gasteiger partial charge in [0.05, 0.1) is 28.0 Å². The summed E-state index contributed by atoms with van der Waals surface area (Å²) in [7, 11) is 0. The van der Waals surface area contributed by atoms with Crippen LogP contribution in [0.1, 0.15) is 15.9 Å². The zero-order chi connectivity index (χ0) is 21.1. The highest BCUT2D eigenvalue weighted by molar-refractivity contribution is 6.36. The lowest BCUT2D eigenvalue weighted by atomic mass is 10.0. The predicted molar refractivity (Wildman–Crippen MR) is 120 cm³/mol. The lowest BCUT2D eigenvalue weighted by molar-refractivity contribution is 0.0956. The predicted octanol–water partition coefficient (Wildman–Crippen LogP) is 5.68. The molecule has 0 aliphatic rings. The highest BCUT2D eigenvalue weighted by Crippen LogP contribution is 2.31. The molecule has 0 atom stereocenters. The Balaban J connectivity index is 1.72. The van der Waals surface area contributed by atoms with Crippen LogP contribution in [0.3, 0.4) is 0 Å². The van der Waals surface area contributed by atoms with E-state index in [0.29, 0.717) is 43.3 Å². The number of hydrogen-bond acceptors (Lipinski definition) is 4. The van der Waals surface area contributed by atoms with E-state index in [1.807, 2.05) is 24.3 Å². The van der Waals surface area contributed by atoms with Gasteiger partial charge in [0.15, 0.2) is 0 Å². The van der Waals surface area contributed by atoms with Crippen LogP contribution in [-0.4, -0.2) is 22.2 Å². The maximum absolute atomic E-state index is 12.9. The molecule has 0 saturated carbocycles. The fourth-order valence-corrected chi connectivity index (χ4v) is 3.52. The number of halogens is 2. The smallest absolute Gasteiger partial charge is 0.272 e. The molecule has 0 unspecified atom stereocenters. The Bertz CT molecular complexity index is 1290. The van der Waals surface area contributed by atoms with E-state index < -0.39 is 5.91 Å². The molecule has 1 amide bonds. The van der Waals surface area contributed by atoms with Crippen molar-refractivity contribution >= 4 is 46.2 Å². The van der Waals surface area contributed by atoms with Gasteiger partial charge in [-0.3, -0.25) is 4.79 Å². The van der Waals surface area contributed by atoms with Crippen LogP contribution in [0.4, 0.5) is 0 Å². The van der Waals surface area contributed by atoms with E-state index in [1.54, 1.807) is 48.5 Å². The largest absolute Gasteiger partial charge is 0.507 e. The standard InChI is InChI=1S/C23H15Cl2N3O2/c24-15-9-10-17(19(25)11-15)21-12-18(16-6-2-3-7-20(16)27-21)23(30)28-26-13-14-5-1-4-8-22(14)29/h1-13,29H,(H,28,30)/b26-13+. The van der Waals surface area contributed by atoms with Gasteiger partial charge in [0.2, 0.25) is 0 Å². The first-order chi connectivity index (χ1) is 14.5. The highest BCUT2D eigenvalue weighted by Gasteiger charge is 2.15. The molecule has 148 valence electrons. The molecule has 4 aromatic rings. The number of carbonyl (C=O) groups excluding carboxylic acids is 1. The van der Waals surface area contributed by atoms with Crippen molar-refractivity contribution in [1.29, 1.82) is 0 Å². The second-order valence-electron chi connectivity index (χ2n) is 6.45. The van der Waals surface area contributed by atoms with Crippen molar-refractivity contribution < 1.29 is 9.90 Å². The van der Waals surface area contributed by atoms with Crippen LogP contribution in [0.5, 0.6) is 5.75 Å². The van der Waals surface area contributed by atoms with Gasteiger partial charge in [-0.2, -0.15) is 5.10 Å². The van der Waals surface area contributed by atoms with Gasteiger partial charge >= 0.3 is 0 Å². The number of hydrogen-bond donors (Lipinski definition) is 2. The van der Waals surface area contributed by atoms with Crippen LogP contribution in [0.25, 0.3) is 22.2 Å². The van der Waals surface area contributed by atoms with E-state index >= 15 is 0 Å². The van der Waals surface area contributed by atoms with Crippen molar-refractivity contribution in [1.82, 2.24) is 10.4 Å². The number of phenolic OH excluding ortho intramolecular Hbond substituents is 1. The zero-order valence-corrected chi connectivity index (χ0v) is 17.0. The molecule has 1 aromatic heterocycles. The molecule has 4 rings (SSSR count). The third kappa shape index (κ3) is 4.13. The van der Waals surface area contributed by atoms with E-state index in [1.165, 1.54) is 6.21 Å². The molecular formula is C23H15Cl2N3O2. The van der Waals surface area contributed by atoms with Crippen LogP contribution in [0, 0.1) is 0 Å². The SMILES string of the molecule is O=C(N/N=C/c1ccccc1O)c1cc(-c2ccc(Cl)cc2Cl)nc2ccccc12. The number of para-hydroxylation sites is 2. The maximum Gasteiger partial charge on any atom is 0.272 e. The van der Waals surface area contributed by atoms with Crippen molar-refractivity contribution in [3.8, 4) is 17.0 Å². The average molecular weight is 436 g/mol. The summed E-state index contributed by atoms with van der Waals surface area (Å²) < 4.78 is 0. The van der Waals surface area contributed by atoms with Crippen LogP contribution >= 0.6 is 23.2 Å². The number of aromatic nitrogens is 1. The molecule has 5 nitrogen and oxygen atoms in total. The topological polar surface area (TPSA) is 74.6 Å². The Kier molecular flexibility index (Phi) is 5.65. The van der Waals surface area contributed by atoms with Crippen molar-refractivity contribution in [3.05, 3.63) is 94.0 Å². The lowest BCUT2D eigenvalue weighted by Gasteiger charge is -2.10. The monoisotopic (exact) mass is 435 g/mol. The van der Waals surface area contributed by atoms with Gasteiger partial charge in [0.25, 0.3) is 5.91 Å². The number of pyridine rings is 1. The van der Waals surface area contributed by atoms with E-state index in [0.717, 1.165) is 0 Å². The molecule has 0 saturated heterocycles. The second kappa shape index (κ2) is 8.53. The third-order valence-electron chi connectivity index (χ3n) is 4.47. The summed E-state index contributed by atoms with van der Waals surface area (Å²) in [5, 5.41) is 15.4. The molecule has 30 heavy (non-hydrogen) atoms.